The van der Waals surface area contributed by atoms with E-state index in [1.165, 1.54) is 0 Å². The minimum Gasteiger partial charge on any atom is -0.481 e. The van der Waals surface area contributed by atoms with E-state index in [2.05, 4.69) is 20.9 Å². The molecular formula is C15H15BrN2O3. The fraction of sp³-hybridized carbons (Fsp3) is 0.333. The number of carboxylic acids is 1. The van der Waals surface area contributed by atoms with Crippen LogP contribution in [0.5, 0.6) is 0 Å². The number of carbonyl (C=O) groups is 2. The van der Waals surface area contributed by atoms with E-state index < -0.39 is 5.97 Å². The molecule has 5 nitrogen and oxygen atoms in total. The standard InChI is InChI=1S/C15H15BrN2O3/c16-12-10-3-1-2-4-11(10)17-13(12)14(19)18-7-5-9(6-8-18)15(20)21/h1-4,9,17H,5-8H2,(H,20,21). The monoisotopic (exact) mass is 350 g/mol. The summed E-state index contributed by atoms with van der Waals surface area (Å²) < 4.78 is 0.767. The molecule has 0 saturated carbocycles. The van der Waals surface area contributed by atoms with Gasteiger partial charge in [-0.1, -0.05) is 18.2 Å². The molecule has 0 aliphatic carbocycles. The van der Waals surface area contributed by atoms with Crippen LogP contribution in [-0.4, -0.2) is 40.0 Å². The zero-order valence-electron chi connectivity index (χ0n) is 11.3. The van der Waals surface area contributed by atoms with Crippen LogP contribution >= 0.6 is 15.9 Å². The highest BCUT2D eigenvalue weighted by molar-refractivity contribution is 9.10. The maximum atomic E-state index is 12.6. The number of aromatic nitrogens is 1. The summed E-state index contributed by atoms with van der Waals surface area (Å²) in [7, 11) is 0. The minimum absolute atomic E-state index is 0.0816. The van der Waals surface area contributed by atoms with Crippen LogP contribution in [0.2, 0.25) is 0 Å². The van der Waals surface area contributed by atoms with Gasteiger partial charge in [0.15, 0.2) is 0 Å². The second kappa shape index (κ2) is 5.52. The summed E-state index contributed by atoms with van der Waals surface area (Å²) in [5.41, 5.74) is 1.44. The zero-order valence-corrected chi connectivity index (χ0v) is 12.9. The summed E-state index contributed by atoms with van der Waals surface area (Å²) in [4.78, 5) is 28.4. The van der Waals surface area contributed by atoms with Gasteiger partial charge in [-0.15, -0.1) is 0 Å². The van der Waals surface area contributed by atoms with Gasteiger partial charge in [0, 0.05) is 24.0 Å². The Hall–Kier alpha value is -1.82. The van der Waals surface area contributed by atoms with Crippen LogP contribution in [0.1, 0.15) is 23.3 Å². The number of halogens is 1. The normalized spacial score (nSPS) is 16.3. The predicted molar refractivity (Wildman–Crippen MR) is 82.3 cm³/mol. The van der Waals surface area contributed by atoms with Gasteiger partial charge >= 0.3 is 5.97 Å². The van der Waals surface area contributed by atoms with Crippen molar-refractivity contribution >= 4 is 38.7 Å². The lowest BCUT2D eigenvalue weighted by Crippen LogP contribution is -2.40. The van der Waals surface area contributed by atoms with Gasteiger partial charge in [0.05, 0.1) is 10.4 Å². The highest BCUT2D eigenvalue weighted by Gasteiger charge is 2.29. The molecule has 1 aliphatic heterocycles. The fourth-order valence-corrected chi connectivity index (χ4v) is 3.36. The van der Waals surface area contributed by atoms with Gasteiger partial charge in [0.2, 0.25) is 0 Å². The first kappa shape index (κ1) is 14.1. The van der Waals surface area contributed by atoms with Crippen LogP contribution < -0.4 is 0 Å². The lowest BCUT2D eigenvalue weighted by atomic mass is 9.97. The van der Waals surface area contributed by atoms with E-state index in [0.717, 1.165) is 15.4 Å². The number of nitrogens with one attached hydrogen (secondary N) is 1. The fourth-order valence-electron chi connectivity index (χ4n) is 2.74. The number of hydrogen-bond donors (Lipinski definition) is 2. The molecule has 1 fully saturated rings. The lowest BCUT2D eigenvalue weighted by Gasteiger charge is -2.29. The number of carboxylic acid groups (broad SMARTS) is 1. The highest BCUT2D eigenvalue weighted by atomic mass is 79.9. The Kier molecular flexibility index (Phi) is 3.71. The number of hydrogen-bond acceptors (Lipinski definition) is 2. The van der Waals surface area contributed by atoms with E-state index in [9.17, 15) is 9.59 Å². The van der Waals surface area contributed by atoms with Crippen molar-refractivity contribution in [3.05, 3.63) is 34.4 Å². The average Bonchev–Trinajstić information content (AvgIpc) is 2.84. The van der Waals surface area contributed by atoms with Crippen molar-refractivity contribution in [3.8, 4) is 0 Å². The first-order valence-electron chi connectivity index (χ1n) is 6.86. The van der Waals surface area contributed by atoms with Gasteiger partial charge in [0.25, 0.3) is 5.91 Å². The van der Waals surface area contributed by atoms with Gasteiger partial charge < -0.3 is 15.0 Å². The molecule has 2 N–H and O–H groups in total. The van der Waals surface area contributed by atoms with Crippen molar-refractivity contribution in [2.75, 3.05) is 13.1 Å². The third-order valence-electron chi connectivity index (χ3n) is 3.99. The third-order valence-corrected chi connectivity index (χ3v) is 4.81. The van der Waals surface area contributed by atoms with Gasteiger partial charge in [-0.05, 0) is 34.8 Å². The van der Waals surface area contributed by atoms with Crippen LogP contribution in [0.4, 0.5) is 0 Å². The van der Waals surface area contributed by atoms with E-state index in [-0.39, 0.29) is 11.8 Å². The van der Waals surface area contributed by atoms with Gasteiger partial charge in [-0.3, -0.25) is 9.59 Å². The Morgan fingerprint density at radius 1 is 1.24 bits per heavy atom. The van der Waals surface area contributed by atoms with E-state index in [1.54, 1.807) is 4.90 Å². The van der Waals surface area contributed by atoms with Crippen molar-refractivity contribution in [3.63, 3.8) is 0 Å². The van der Waals surface area contributed by atoms with Crippen LogP contribution in [0.15, 0.2) is 28.7 Å². The smallest absolute Gasteiger partial charge is 0.306 e. The molecule has 1 amide bonds. The molecule has 1 aromatic heterocycles. The van der Waals surface area contributed by atoms with Gasteiger partial charge in [-0.25, -0.2) is 0 Å². The number of likely N-dealkylation sites (tertiary alicyclic amines) is 1. The number of H-pyrrole nitrogens is 1. The molecular weight excluding hydrogens is 336 g/mol. The van der Waals surface area contributed by atoms with E-state index in [4.69, 9.17) is 5.11 Å². The molecule has 0 spiro atoms. The number of aliphatic carboxylic acids is 1. The summed E-state index contributed by atoms with van der Waals surface area (Å²) in [6.45, 7) is 0.967. The Morgan fingerprint density at radius 2 is 1.90 bits per heavy atom. The number of carbonyl (C=O) groups excluding carboxylic acids is 1. The van der Waals surface area contributed by atoms with Crippen molar-refractivity contribution in [1.82, 2.24) is 9.88 Å². The number of nitrogens with zero attached hydrogens (tertiary/aromatic N) is 1. The van der Waals surface area contributed by atoms with Crippen LogP contribution in [0.3, 0.4) is 0 Å². The molecule has 2 aromatic rings. The van der Waals surface area contributed by atoms with Crippen molar-refractivity contribution in [2.45, 2.75) is 12.8 Å². The summed E-state index contributed by atoms with van der Waals surface area (Å²) >= 11 is 3.48. The number of amides is 1. The third kappa shape index (κ3) is 2.55. The number of rotatable bonds is 2. The highest BCUT2D eigenvalue weighted by Crippen LogP contribution is 2.29. The summed E-state index contributed by atoms with van der Waals surface area (Å²) in [5, 5.41) is 9.98. The van der Waals surface area contributed by atoms with E-state index in [0.29, 0.717) is 31.6 Å². The number of fused-ring (bicyclic) bond motifs is 1. The van der Waals surface area contributed by atoms with Crippen molar-refractivity contribution in [2.24, 2.45) is 5.92 Å². The number of aromatic amines is 1. The summed E-state index contributed by atoms with van der Waals surface area (Å²) in [5.74, 6) is -1.18. The Bertz CT molecular complexity index is 702. The molecule has 110 valence electrons. The summed E-state index contributed by atoms with van der Waals surface area (Å²) in [6.07, 6.45) is 1.03. The molecule has 1 aliphatic rings. The second-order valence-electron chi connectivity index (χ2n) is 5.26. The van der Waals surface area contributed by atoms with Crippen molar-refractivity contribution in [1.29, 1.82) is 0 Å². The first-order chi connectivity index (χ1) is 10.1. The van der Waals surface area contributed by atoms with Gasteiger partial charge in [-0.2, -0.15) is 0 Å². The van der Waals surface area contributed by atoms with E-state index >= 15 is 0 Å². The molecule has 3 rings (SSSR count). The number of piperidine rings is 1. The average molecular weight is 351 g/mol. The molecule has 0 radical (unpaired) electrons. The predicted octanol–water partition coefficient (Wildman–Crippen LogP) is 2.87. The molecule has 2 heterocycles. The Balaban J connectivity index is 1.82. The van der Waals surface area contributed by atoms with Gasteiger partial charge in [0.1, 0.15) is 5.69 Å². The first-order valence-corrected chi connectivity index (χ1v) is 7.65. The van der Waals surface area contributed by atoms with Crippen molar-refractivity contribution < 1.29 is 14.7 Å². The summed E-state index contributed by atoms with van der Waals surface area (Å²) in [6, 6.07) is 7.71. The molecule has 6 heteroatoms. The Labute approximate surface area is 130 Å². The molecule has 1 aromatic carbocycles. The molecule has 21 heavy (non-hydrogen) atoms. The zero-order chi connectivity index (χ0) is 15.0. The minimum atomic E-state index is -0.770. The molecule has 0 bridgehead atoms. The van der Waals surface area contributed by atoms with Crippen LogP contribution in [0, 0.1) is 5.92 Å². The molecule has 1 saturated heterocycles. The largest absolute Gasteiger partial charge is 0.481 e. The number of benzene rings is 1. The quantitative estimate of drug-likeness (QED) is 0.874. The SMILES string of the molecule is O=C(O)C1CCN(C(=O)c2[nH]c3ccccc3c2Br)CC1. The second-order valence-corrected chi connectivity index (χ2v) is 6.06. The van der Waals surface area contributed by atoms with Crippen LogP contribution in [0.25, 0.3) is 10.9 Å². The topological polar surface area (TPSA) is 73.4 Å². The van der Waals surface area contributed by atoms with E-state index in [1.807, 2.05) is 24.3 Å². The Morgan fingerprint density at radius 3 is 2.52 bits per heavy atom. The number of para-hydroxylation sites is 1. The maximum Gasteiger partial charge on any atom is 0.306 e. The molecule has 0 atom stereocenters. The lowest BCUT2D eigenvalue weighted by molar-refractivity contribution is -0.143. The molecule has 0 unspecified atom stereocenters. The maximum absolute atomic E-state index is 12.6. The van der Waals surface area contributed by atoms with Crippen LogP contribution in [-0.2, 0) is 4.79 Å².